The van der Waals surface area contributed by atoms with Gasteiger partial charge in [-0.25, -0.2) is 4.98 Å². The second-order valence-electron chi connectivity index (χ2n) is 6.56. The van der Waals surface area contributed by atoms with Gasteiger partial charge in [0.1, 0.15) is 0 Å². The number of hydrogen-bond donors (Lipinski definition) is 1. The van der Waals surface area contributed by atoms with Crippen molar-refractivity contribution in [3.05, 3.63) is 18.3 Å². The van der Waals surface area contributed by atoms with Crippen LogP contribution < -0.4 is 10.1 Å². The molecule has 4 nitrogen and oxygen atoms in total. The van der Waals surface area contributed by atoms with Crippen molar-refractivity contribution in [1.82, 2.24) is 4.98 Å². The Morgan fingerprint density at radius 3 is 2.65 bits per heavy atom. The van der Waals surface area contributed by atoms with Crippen LogP contribution in [-0.4, -0.2) is 30.8 Å². The lowest BCUT2D eigenvalue weighted by atomic mass is 9.64. The molecule has 20 heavy (non-hydrogen) atoms. The van der Waals surface area contributed by atoms with E-state index in [2.05, 4.69) is 38.0 Å². The fraction of sp³-hybridized carbons (Fsp3) is 0.688. The summed E-state index contributed by atoms with van der Waals surface area (Å²) in [6, 6.07) is 4.31. The van der Waals surface area contributed by atoms with E-state index in [-0.39, 0.29) is 5.41 Å². The summed E-state index contributed by atoms with van der Waals surface area (Å²) in [7, 11) is 1.63. The fourth-order valence-electron chi connectivity index (χ4n) is 2.51. The summed E-state index contributed by atoms with van der Waals surface area (Å²) in [4.78, 5) is 4.22. The lowest BCUT2D eigenvalue weighted by molar-refractivity contribution is -0.108. The number of anilines is 1. The highest BCUT2D eigenvalue weighted by Crippen LogP contribution is 2.44. The zero-order chi connectivity index (χ0) is 14.8. The van der Waals surface area contributed by atoms with Gasteiger partial charge in [-0.1, -0.05) is 27.7 Å². The van der Waals surface area contributed by atoms with E-state index in [1.165, 1.54) is 0 Å². The van der Waals surface area contributed by atoms with Gasteiger partial charge < -0.3 is 14.8 Å². The highest BCUT2D eigenvalue weighted by Gasteiger charge is 2.49. The molecule has 0 bridgehead atoms. The van der Waals surface area contributed by atoms with Crippen LogP contribution in [-0.2, 0) is 4.74 Å². The molecule has 0 amide bonds. The average molecular weight is 278 g/mol. The van der Waals surface area contributed by atoms with Crippen LogP contribution in [0.4, 0.5) is 5.69 Å². The lowest BCUT2D eigenvalue weighted by Gasteiger charge is -2.52. The fourth-order valence-corrected chi connectivity index (χ4v) is 2.51. The largest absolute Gasteiger partial charge is 0.481 e. The first-order valence-corrected chi connectivity index (χ1v) is 7.31. The van der Waals surface area contributed by atoms with Crippen LogP contribution in [0.2, 0.25) is 0 Å². The minimum atomic E-state index is 0.148. The van der Waals surface area contributed by atoms with E-state index in [0.29, 0.717) is 23.9 Å². The molecule has 2 atom stereocenters. The molecule has 1 aliphatic rings. The topological polar surface area (TPSA) is 43.4 Å². The molecule has 2 rings (SSSR count). The molecular weight excluding hydrogens is 252 g/mol. The number of methoxy groups -OCH3 is 1. The normalized spacial score (nSPS) is 24.3. The molecule has 0 aliphatic heterocycles. The van der Waals surface area contributed by atoms with Crippen molar-refractivity contribution < 1.29 is 9.47 Å². The van der Waals surface area contributed by atoms with Crippen molar-refractivity contribution in [2.24, 2.45) is 11.3 Å². The third-order valence-corrected chi connectivity index (χ3v) is 4.09. The van der Waals surface area contributed by atoms with Gasteiger partial charge in [0.25, 0.3) is 0 Å². The van der Waals surface area contributed by atoms with Crippen LogP contribution >= 0.6 is 0 Å². The van der Waals surface area contributed by atoms with Gasteiger partial charge in [-0.15, -0.1) is 0 Å². The van der Waals surface area contributed by atoms with Crippen molar-refractivity contribution in [3.8, 4) is 5.88 Å². The van der Waals surface area contributed by atoms with Gasteiger partial charge in [-0.2, -0.15) is 0 Å². The van der Waals surface area contributed by atoms with Crippen LogP contribution in [0.15, 0.2) is 18.3 Å². The Morgan fingerprint density at radius 2 is 2.15 bits per heavy atom. The minimum Gasteiger partial charge on any atom is -0.481 e. The Kier molecular flexibility index (Phi) is 4.53. The predicted molar refractivity (Wildman–Crippen MR) is 81.2 cm³/mol. The van der Waals surface area contributed by atoms with Gasteiger partial charge >= 0.3 is 0 Å². The molecule has 1 aliphatic carbocycles. The molecule has 1 aromatic heterocycles. The molecular formula is C16H26N2O2. The van der Waals surface area contributed by atoms with E-state index in [1.54, 1.807) is 7.11 Å². The quantitative estimate of drug-likeness (QED) is 0.866. The minimum absolute atomic E-state index is 0.148. The first kappa shape index (κ1) is 15.1. The van der Waals surface area contributed by atoms with Gasteiger partial charge in [0.15, 0.2) is 0 Å². The van der Waals surface area contributed by atoms with Crippen LogP contribution in [0, 0.1) is 11.3 Å². The summed E-state index contributed by atoms with van der Waals surface area (Å²) < 4.78 is 11.1. The molecule has 1 aromatic rings. The molecule has 0 saturated heterocycles. The summed E-state index contributed by atoms with van der Waals surface area (Å²) in [6.45, 7) is 9.73. The van der Waals surface area contributed by atoms with E-state index in [0.717, 1.165) is 18.7 Å². The van der Waals surface area contributed by atoms with Crippen LogP contribution in [0.3, 0.4) is 0 Å². The molecule has 0 aromatic carbocycles. The van der Waals surface area contributed by atoms with Crippen LogP contribution in [0.1, 0.15) is 34.1 Å². The molecule has 0 radical (unpaired) electrons. The van der Waals surface area contributed by atoms with Crippen molar-refractivity contribution >= 4 is 5.69 Å². The maximum absolute atomic E-state index is 5.98. The Morgan fingerprint density at radius 1 is 1.40 bits per heavy atom. The molecule has 0 spiro atoms. The van der Waals surface area contributed by atoms with Gasteiger partial charge in [0.2, 0.25) is 5.88 Å². The Bertz CT molecular complexity index is 429. The second kappa shape index (κ2) is 6.00. The zero-order valence-corrected chi connectivity index (χ0v) is 13.1. The molecule has 1 saturated carbocycles. The Balaban J connectivity index is 1.88. The number of pyridine rings is 1. The summed E-state index contributed by atoms with van der Waals surface area (Å²) in [5.74, 6) is 1.23. The maximum Gasteiger partial charge on any atom is 0.213 e. The summed E-state index contributed by atoms with van der Waals surface area (Å²) in [6.07, 6.45) is 3.21. The first-order chi connectivity index (χ1) is 9.43. The number of rotatable bonds is 6. The molecule has 1 heterocycles. The standard InChI is InChI=1S/C16H26N2O2/c1-11(2)10-20-14-8-13(16(14,3)4)18-12-6-7-15(19-5)17-9-12/h6-7,9,11,13-14,18H,8,10H2,1-5H3. The number of hydrogen-bond acceptors (Lipinski definition) is 4. The average Bonchev–Trinajstić information content (AvgIpc) is 2.42. The van der Waals surface area contributed by atoms with Crippen molar-refractivity contribution in [3.63, 3.8) is 0 Å². The third-order valence-electron chi connectivity index (χ3n) is 4.09. The third kappa shape index (κ3) is 3.23. The van der Waals surface area contributed by atoms with Crippen molar-refractivity contribution in [2.75, 3.05) is 19.0 Å². The van der Waals surface area contributed by atoms with Crippen molar-refractivity contribution in [1.29, 1.82) is 0 Å². The summed E-state index contributed by atoms with van der Waals surface area (Å²) >= 11 is 0. The van der Waals surface area contributed by atoms with E-state index >= 15 is 0 Å². The lowest BCUT2D eigenvalue weighted by Crippen LogP contribution is -2.58. The number of nitrogens with one attached hydrogen (secondary N) is 1. The number of aromatic nitrogens is 1. The Labute approximate surface area is 121 Å². The van der Waals surface area contributed by atoms with E-state index in [1.807, 2.05) is 18.3 Å². The van der Waals surface area contributed by atoms with Gasteiger partial charge in [-0.05, 0) is 18.4 Å². The van der Waals surface area contributed by atoms with Gasteiger partial charge in [-0.3, -0.25) is 0 Å². The number of nitrogens with zero attached hydrogens (tertiary/aromatic N) is 1. The van der Waals surface area contributed by atoms with Crippen molar-refractivity contribution in [2.45, 2.75) is 46.3 Å². The zero-order valence-electron chi connectivity index (χ0n) is 13.1. The summed E-state index contributed by atoms with van der Waals surface area (Å²) in [5.41, 5.74) is 1.18. The maximum atomic E-state index is 5.98. The van der Waals surface area contributed by atoms with Crippen LogP contribution in [0.25, 0.3) is 0 Å². The molecule has 1 N–H and O–H groups in total. The number of ether oxygens (including phenoxy) is 2. The van der Waals surface area contributed by atoms with E-state index in [4.69, 9.17) is 9.47 Å². The predicted octanol–water partition coefficient (Wildman–Crippen LogP) is 3.34. The van der Waals surface area contributed by atoms with Gasteiger partial charge in [0.05, 0.1) is 25.1 Å². The highest BCUT2D eigenvalue weighted by molar-refractivity contribution is 5.44. The SMILES string of the molecule is COc1ccc(NC2CC(OCC(C)C)C2(C)C)cn1. The van der Waals surface area contributed by atoms with Crippen LogP contribution in [0.5, 0.6) is 5.88 Å². The molecule has 4 heteroatoms. The highest BCUT2D eigenvalue weighted by atomic mass is 16.5. The van der Waals surface area contributed by atoms with E-state index in [9.17, 15) is 0 Å². The molecule has 112 valence electrons. The second-order valence-corrected chi connectivity index (χ2v) is 6.56. The van der Waals surface area contributed by atoms with Gasteiger partial charge in [0, 0.05) is 24.1 Å². The summed E-state index contributed by atoms with van der Waals surface area (Å²) in [5, 5.41) is 3.54. The molecule has 2 unspecified atom stereocenters. The first-order valence-electron chi connectivity index (χ1n) is 7.31. The molecule has 1 fully saturated rings. The monoisotopic (exact) mass is 278 g/mol. The smallest absolute Gasteiger partial charge is 0.213 e. The van der Waals surface area contributed by atoms with E-state index < -0.39 is 0 Å². The Hall–Kier alpha value is -1.29.